The zero-order chi connectivity index (χ0) is 22.2. The molecule has 1 aliphatic carbocycles. The minimum absolute atomic E-state index is 0.0421. The number of carbonyl (C=O) groups is 3. The van der Waals surface area contributed by atoms with Gasteiger partial charge in [-0.15, -0.1) is 0 Å². The first-order valence-electron chi connectivity index (χ1n) is 11.3. The molecule has 0 bridgehead atoms. The zero-order valence-electron chi connectivity index (χ0n) is 18.0. The Bertz CT molecular complexity index is 752. The Morgan fingerprint density at radius 3 is 2.52 bits per heavy atom. The van der Waals surface area contributed by atoms with E-state index in [1.807, 2.05) is 17.0 Å². The molecule has 2 fully saturated rings. The van der Waals surface area contributed by atoms with Gasteiger partial charge < -0.3 is 20.9 Å². The van der Waals surface area contributed by atoms with Crippen molar-refractivity contribution in [1.29, 1.82) is 0 Å². The van der Waals surface area contributed by atoms with Gasteiger partial charge in [0.1, 0.15) is 6.04 Å². The van der Waals surface area contributed by atoms with Crippen LogP contribution in [0.5, 0.6) is 0 Å². The number of carbonyl (C=O) groups excluding carboxylic acids is 3. The van der Waals surface area contributed by atoms with Crippen LogP contribution in [-0.4, -0.2) is 65.8 Å². The van der Waals surface area contributed by atoms with Crippen molar-refractivity contribution in [1.82, 2.24) is 15.1 Å². The van der Waals surface area contributed by atoms with Gasteiger partial charge in [-0.2, -0.15) is 0 Å². The topological polar surface area (TPSA) is 95.7 Å². The highest BCUT2D eigenvalue weighted by Crippen LogP contribution is 2.26. The Kier molecular flexibility index (Phi) is 8.72. The maximum atomic E-state index is 13.3. The average molecular weight is 449 g/mol. The number of hydrogen-bond acceptors (Lipinski definition) is 4. The number of halogens is 1. The smallest absolute Gasteiger partial charge is 0.245 e. The van der Waals surface area contributed by atoms with Crippen LogP contribution in [0.15, 0.2) is 24.3 Å². The molecule has 170 valence electrons. The monoisotopic (exact) mass is 448 g/mol. The molecule has 0 radical (unpaired) electrons. The third kappa shape index (κ3) is 6.43. The summed E-state index contributed by atoms with van der Waals surface area (Å²) < 4.78 is 0. The summed E-state index contributed by atoms with van der Waals surface area (Å²) in [4.78, 5) is 41.1. The molecule has 1 heterocycles. The van der Waals surface area contributed by atoms with Gasteiger partial charge in [-0.3, -0.25) is 14.4 Å². The van der Waals surface area contributed by atoms with Crippen LogP contribution in [0.2, 0.25) is 5.02 Å². The summed E-state index contributed by atoms with van der Waals surface area (Å²) in [5.74, 6) is -0.348. The van der Waals surface area contributed by atoms with Gasteiger partial charge in [0.2, 0.25) is 18.2 Å². The van der Waals surface area contributed by atoms with Crippen LogP contribution in [0.1, 0.15) is 50.5 Å². The lowest BCUT2D eigenvalue weighted by atomic mass is 9.93. The Morgan fingerprint density at radius 2 is 1.87 bits per heavy atom. The summed E-state index contributed by atoms with van der Waals surface area (Å²) in [5, 5.41) is 3.48. The van der Waals surface area contributed by atoms with E-state index in [0.717, 1.165) is 44.1 Å². The highest BCUT2D eigenvalue weighted by molar-refractivity contribution is 6.30. The molecule has 7 nitrogen and oxygen atoms in total. The van der Waals surface area contributed by atoms with Crippen LogP contribution in [0.4, 0.5) is 0 Å². The Balaban J connectivity index is 1.67. The quantitative estimate of drug-likeness (QED) is 0.565. The van der Waals surface area contributed by atoms with E-state index in [-0.39, 0.29) is 36.9 Å². The van der Waals surface area contributed by atoms with E-state index >= 15 is 0 Å². The van der Waals surface area contributed by atoms with Gasteiger partial charge in [0.25, 0.3) is 0 Å². The number of nitrogens with zero attached hydrogens (tertiary/aromatic N) is 2. The molecule has 0 unspecified atom stereocenters. The van der Waals surface area contributed by atoms with E-state index < -0.39 is 6.04 Å². The Labute approximate surface area is 189 Å². The van der Waals surface area contributed by atoms with Gasteiger partial charge in [-0.25, -0.2) is 0 Å². The first-order valence-corrected chi connectivity index (χ1v) is 11.6. The fraction of sp³-hybridized carbons (Fsp3) is 0.609. The minimum atomic E-state index is -0.668. The molecule has 8 heteroatoms. The van der Waals surface area contributed by atoms with E-state index in [1.165, 1.54) is 6.42 Å². The van der Waals surface area contributed by atoms with Crippen LogP contribution in [0, 0.1) is 0 Å². The lowest BCUT2D eigenvalue weighted by molar-refractivity contribution is -0.136. The lowest BCUT2D eigenvalue weighted by Crippen LogP contribution is -2.50. The number of hydrogen-bond donors (Lipinski definition) is 2. The van der Waals surface area contributed by atoms with E-state index in [9.17, 15) is 14.4 Å². The fourth-order valence-corrected chi connectivity index (χ4v) is 4.84. The summed E-state index contributed by atoms with van der Waals surface area (Å²) in [6, 6.07) is 6.93. The number of benzene rings is 1. The lowest BCUT2D eigenvalue weighted by Gasteiger charge is -2.35. The maximum absolute atomic E-state index is 13.3. The standard InChI is InChI=1S/C23H33ClN4O3/c24-18-8-6-17(7-9-18)14-21(26-22(30)10-12-25)23(31)27-13-11-20(15-27)28(16-29)19-4-2-1-3-5-19/h6-9,16,19-21H,1-5,10-15,25H2,(H,26,30)/t20-,21+/m0/s1. The highest BCUT2D eigenvalue weighted by Gasteiger charge is 2.36. The average Bonchev–Trinajstić information content (AvgIpc) is 3.25. The van der Waals surface area contributed by atoms with E-state index in [0.29, 0.717) is 24.5 Å². The van der Waals surface area contributed by atoms with Gasteiger partial charge in [-0.05, 0) is 37.0 Å². The van der Waals surface area contributed by atoms with Crippen molar-refractivity contribution in [3.05, 3.63) is 34.9 Å². The molecule has 3 amide bonds. The van der Waals surface area contributed by atoms with Gasteiger partial charge in [-0.1, -0.05) is 43.0 Å². The molecular weight excluding hydrogens is 416 g/mol. The molecule has 2 atom stereocenters. The van der Waals surface area contributed by atoms with Gasteiger partial charge in [0, 0.05) is 43.5 Å². The van der Waals surface area contributed by atoms with Crippen LogP contribution in [0.3, 0.4) is 0 Å². The second kappa shape index (κ2) is 11.5. The molecule has 1 saturated carbocycles. The second-order valence-corrected chi connectivity index (χ2v) is 9.00. The predicted molar refractivity (Wildman–Crippen MR) is 121 cm³/mol. The maximum Gasteiger partial charge on any atom is 0.245 e. The summed E-state index contributed by atoms with van der Waals surface area (Å²) in [6.07, 6.45) is 7.90. The molecule has 1 aliphatic heterocycles. The molecule has 1 aromatic rings. The SMILES string of the molecule is NCCC(=O)N[C@H](Cc1ccc(Cl)cc1)C(=O)N1CC[C@H](N(C=O)C2CCCCC2)C1. The first kappa shape index (κ1) is 23.5. The number of likely N-dealkylation sites (tertiary alicyclic amines) is 1. The number of nitrogens with two attached hydrogens (primary N) is 1. The number of amides is 3. The van der Waals surface area contributed by atoms with Crippen molar-refractivity contribution in [2.75, 3.05) is 19.6 Å². The summed E-state index contributed by atoms with van der Waals surface area (Å²) in [7, 11) is 0. The van der Waals surface area contributed by atoms with Crippen LogP contribution in [-0.2, 0) is 20.8 Å². The third-order valence-electron chi connectivity index (χ3n) is 6.37. The molecule has 0 aromatic heterocycles. The van der Waals surface area contributed by atoms with Crippen molar-refractivity contribution in [2.45, 2.75) is 69.5 Å². The number of rotatable bonds is 9. The largest absolute Gasteiger partial charge is 0.344 e. The Hall–Kier alpha value is -2.12. The predicted octanol–water partition coefficient (Wildman–Crippen LogP) is 2.11. The second-order valence-electron chi connectivity index (χ2n) is 8.56. The molecule has 2 aliphatic rings. The Morgan fingerprint density at radius 1 is 1.16 bits per heavy atom. The van der Waals surface area contributed by atoms with Crippen molar-refractivity contribution >= 4 is 29.8 Å². The van der Waals surface area contributed by atoms with Gasteiger partial charge >= 0.3 is 0 Å². The van der Waals surface area contributed by atoms with Crippen LogP contribution in [0.25, 0.3) is 0 Å². The summed E-state index contributed by atoms with van der Waals surface area (Å²) in [5.41, 5.74) is 6.42. The van der Waals surface area contributed by atoms with E-state index in [2.05, 4.69) is 5.32 Å². The fourth-order valence-electron chi connectivity index (χ4n) is 4.71. The van der Waals surface area contributed by atoms with Crippen molar-refractivity contribution < 1.29 is 14.4 Å². The van der Waals surface area contributed by atoms with Crippen molar-refractivity contribution in [2.24, 2.45) is 5.73 Å². The van der Waals surface area contributed by atoms with Crippen molar-refractivity contribution in [3.63, 3.8) is 0 Å². The highest BCUT2D eigenvalue weighted by atomic mass is 35.5. The number of nitrogens with one attached hydrogen (secondary N) is 1. The van der Waals surface area contributed by atoms with Crippen molar-refractivity contribution in [3.8, 4) is 0 Å². The summed E-state index contributed by atoms with van der Waals surface area (Å²) in [6.45, 7) is 1.33. The molecule has 3 N–H and O–H groups in total. The third-order valence-corrected chi connectivity index (χ3v) is 6.62. The molecule has 1 aromatic carbocycles. The van der Waals surface area contributed by atoms with Crippen LogP contribution < -0.4 is 11.1 Å². The summed E-state index contributed by atoms with van der Waals surface area (Å²) >= 11 is 5.97. The molecular formula is C23H33ClN4O3. The molecule has 3 rings (SSSR count). The van der Waals surface area contributed by atoms with Gasteiger partial charge in [0.05, 0.1) is 6.04 Å². The van der Waals surface area contributed by atoms with E-state index in [1.54, 1.807) is 17.0 Å². The normalized spacial score (nSPS) is 20.3. The van der Waals surface area contributed by atoms with E-state index in [4.69, 9.17) is 17.3 Å². The molecule has 0 spiro atoms. The zero-order valence-corrected chi connectivity index (χ0v) is 18.7. The molecule has 31 heavy (non-hydrogen) atoms. The first-order chi connectivity index (χ1) is 15.0. The van der Waals surface area contributed by atoms with Gasteiger partial charge in [0.15, 0.2) is 0 Å². The minimum Gasteiger partial charge on any atom is -0.344 e. The van der Waals surface area contributed by atoms with Crippen LogP contribution >= 0.6 is 11.6 Å². The molecule has 1 saturated heterocycles.